The Morgan fingerprint density at radius 3 is 2.36 bits per heavy atom. The van der Waals surface area contributed by atoms with Gasteiger partial charge in [0.1, 0.15) is 29.9 Å². The molecule has 0 unspecified atom stereocenters. The summed E-state index contributed by atoms with van der Waals surface area (Å²) in [5.41, 5.74) is 11.2. The Bertz CT molecular complexity index is 2270. The van der Waals surface area contributed by atoms with E-state index in [1.165, 1.54) is 30.5 Å². The van der Waals surface area contributed by atoms with Gasteiger partial charge in [-0.1, -0.05) is 60.7 Å². The molecular formula is C42H37FN4O6. The summed E-state index contributed by atoms with van der Waals surface area (Å²) in [4.78, 5) is 31.8. The van der Waals surface area contributed by atoms with Gasteiger partial charge in [-0.3, -0.25) is 9.59 Å². The van der Waals surface area contributed by atoms with E-state index in [-0.39, 0.29) is 17.2 Å². The van der Waals surface area contributed by atoms with Crippen LogP contribution in [0.1, 0.15) is 15.9 Å². The van der Waals surface area contributed by atoms with Gasteiger partial charge in [-0.25, -0.2) is 9.37 Å². The molecule has 1 atom stereocenters. The molecule has 7 rings (SSSR count). The van der Waals surface area contributed by atoms with Crippen LogP contribution in [0, 0.1) is 5.82 Å². The van der Waals surface area contributed by atoms with E-state index in [0.717, 1.165) is 22.3 Å². The number of benzene rings is 4. The van der Waals surface area contributed by atoms with Crippen molar-refractivity contribution in [1.29, 1.82) is 0 Å². The fourth-order valence-electron chi connectivity index (χ4n) is 6.09. The number of pyridine rings is 2. The number of carbonyl (C=O) groups is 1. The molecule has 10 nitrogen and oxygen atoms in total. The first-order valence-electron chi connectivity index (χ1n) is 17.1. The molecule has 268 valence electrons. The van der Waals surface area contributed by atoms with E-state index in [1.54, 1.807) is 36.2 Å². The highest BCUT2D eigenvalue weighted by molar-refractivity contribution is 6.04. The number of hydrogen-bond acceptors (Lipinski definition) is 8. The third kappa shape index (κ3) is 8.27. The van der Waals surface area contributed by atoms with Crippen LogP contribution in [0.3, 0.4) is 0 Å². The molecule has 1 amide bonds. The zero-order valence-corrected chi connectivity index (χ0v) is 29.0. The van der Waals surface area contributed by atoms with Crippen LogP contribution in [0.25, 0.3) is 33.4 Å². The lowest BCUT2D eigenvalue weighted by molar-refractivity contribution is -0.101. The summed E-state index contributed by atoms with van der Waals surface area (Å²) >= 11 is 0. The quantitative estimate of drug-likeness (QED) is 0.146. The summed E-state index contributed by atoms with van der Waals surface area (Å²) in [5, 5.41) is 2.86. The molecule has 0 bridgehead atoms. The lowest BCUT2D eigenvalue weighted by Gasteiger charge is -2.23. The van der Waals surface area contributed by atoms with Gasteiger partial charge in [0, 0.05) is 47.5 Å². The van der Waals surface area contributed by atoms with Crippen LogP contribution in [0.4, 0.5) is 15.9 Å². The monoisotopic (exact) mass is 712 g/mol. The van der Waals surface area contributed by atoms with Crippen LogP contribution in [-0.4, -0.2) is 55.1 Å². The fourth-order valence-corrected chi connectivity index (χ4v) is 6.09. The molecule has 0 saturated carbocycles. The van der Waals surface area contributed by atoms with Crippen molar-refractivity contribution in [3.05, 3.63) is 149 Å². The highest BCUT2D eigenvalue weighted by Crippen LogP contribution is 2.35. The molecule has 6 aromatic rings. The number of nitrogens with zero attached hydrogens (tertiary/aromatic N) is 2. The smallest absolute Gasteiger partial charge is 0.261 e. The van der Waals surface area contributed by atoms with Gasteiger partial charge < -0.3 is 34.6 Å². The molecule has 3 heterocycles. The first-order valence-corrected chi connectivity index (χ1v) is 17.1. The number of hydrogen-bond donors (Lipinski definition) is 2. The van der Waals surface area contributed by atoms with Gasteiger partial charge in [0.25, 0.3) is 5.91 Å². The van der Waals surface area contributed by atoms with E-state index in [0.29, 0.717) is 67.1 Å². The van der Waals surface area contributed by atoms with E-state index in [9.17, 15) is 14.0 Å². The minimum absolute atomic E-state index is 0.0452. The summed E-state index contributed by atoms with van der Waals surface area (Å²) < 4.78 is 38.2. The molecular weight excluding hydrogens is 675 g/mol. The van der Waals surface area contributed by atoms with Gasteiger partial charge in [-0.2, -0.15) is 0 Å². The minimum atomic E-state index is -0.572. The van der Waals surface area contributed by atoms with E-state index in [1.807, 2.05) is 66.7 Å². The third-order valence-corrected chi connectivity index (χ3v) is 8.87. The Kier molecular flexibility index (Phi) is 10.6. The van der Waals surface area contributed by atoms with E-state index in [2.05, 4.69) is 10.3 Å². The van der Waals surface area contributed by atoms with Crippen molar-refractivity contribution in [1.82, 2.24) is 9.55 Å². The minimum Gasteiger partial charge on any atom is -0.493 e. The van der Waals surface area contributed by atoms with Crippen LogP contribution in [0.5, 0.6) is 11.5 Å². The average molecular weight is 713 g/mol. The Labute approximate surface area is 305 Å². The number of nitrogens with two attached hydrogens (primary N) is 1. The largest absolute Gasteiger partial charge is 0.493 e. The first-order chi connectivity index (χ1) is 25.8. The Morgan fingerprint density at radius 2 is 1.62 bits per heavy atom. The number of nitrogens with one attached hydrogen (secondary N) is 1. The maximum absolute atomic E-state index is 13.7. The zero-order valence-electron chi connectivity index (χ0n) is 29.0. The molecule has 11 heteroatoms. The maximum atomic E-state index is 13.7. The van der Waals surface area contributed by atoms with Crippen molar-refractivity contribution in [3.8, 4) is 44.9 Å². The summed E-state index contributed by atoms with van der Waals surface area (Å²) in [6.45, 7) is 2.38. The lowest BCUT2D eigenvalue weighted by atomic mass is 10.0. The number of aromatic nitrogens is 2. The van der Waals surface area contributed by atoms with Crippen molar-refractivity contribution in [2.24, 2.45) is 0 Å². The molecule has 3 N–H and O–H groups in total. The van der Waals surface area contributed by atoms with Crippen LogP contribution in [0.15, 0.2) is 127 Å². The molecule has 0 radical (unpaired) electrons. The molecule has 0 spiro atoms. The van der Waals surface area contributed by atoms with E-state index in [4.69, 9.17) is 24.7 Å². The molecule has 4 aromatic carbocycles. The number of amides is 1. The topological polar surface area (TPSA) is 127 Å². The summed E-state index contributed by atoms with van der Waals surface area (Å²) in [7, 11) is 1.59. The zero-order chi connectivity index (χ0) is 36.7. The Balaban J connectivity index is 1.10. The highest BCUT2D eigenvalue weighted by Gasteiger charge is 2.19. The number of carbonyl (C=O) groups excluding carboxylic acids is 1. The van der Waals surface area contributed by atoms with Gasteiger partial charge in [-0.15, -0.1) is 0 Å². The Hall–Kier alpha value is -6.30. The summed E-state index contributed by atoms with van der Waals surface area (Å²) in [6, 6.07) is 30.0. The molecule has 53 heavy (non-hydrogen) atoms. The van der Waals surface area contributed by atoms with Crippen molar-refractivity contribution < 1.29 is 28.1 Å². The van der Waals surface area contributed by atoms with Crippen LogP contribution < -0.4 is 26.0 Å². The van der Waals surface area contributed by atoms with Gasteiger partial charge >= 0.3 is 0 Å². The SMILES string of the molecule is COc1cc(-c2cnc(N)c(-c3ccc(NC(=O)c4cn(Cc5ccccc5)cc(-c5ccc(F)cc5)c4=O)cc3)c2)ccc1OC[C@H]1COCCO1. The van der Waals surface area contributed by atoms with E-state index < -0.39 is 17.2 Å². The second-order valence-electron chi connectivity index (χ2n) is 12.5. The fraction of sp³-hybridized carbons (Fsp3) is 0.167. The number of nitrogen functional groups attached to an aromatic ring is 1. The number of methoxy groups -OCH3 is 1. The van der Waals surface area contributed by atoms with E-state index >= 15 is 0 Å². The molecule has 2 aromatic heterocycles. The number of anilines is 2. The molecule has 1 fully saturated rings. The van der Waals surface area contributed by atoms with Crippen molar-refractivity contribution in [2.45, 2.75) is 12.6 Å². The molecule has 0 aliphatic carbocycles. The van der Waals surface area contributed by atoms with Crippen LogP contribution >= 0.6 is 0 Å². The number of ether oxygens (including phenoxy) is 4. The molecule has 1 aliphatic rings. The van der Waals surface area contributed by atoms with Crippen molar-refractivity contribution in [3.63, 3.8) is 0 Å². The second kappa shape index (κ2) is 15.9. The maximum Gasteiger partial charge on any atom is 0.261 e. The molecule has 1 saturated heterocycles. The third-order valence-electron chi connectivity index (χ3n) is 8.87. The Morgan fingerprint density at radius 1 is 0.887 bits per heavy atom. The van der Waals surface area contributed by atoms with Gasteiger partial charge in [-0.05, 0) is 64.7 Å². The summed E-state index contributed by atoms with van der Waals surface area (Å²) in [6.07, 6.45) is 4.78. The summed E-state index contributed by atoms with van der Waals surface area (Å²) in [5.74, 6) is 0.495. The normalized spacial score (nSPS) is 14.0. The standard InChI is InChI=1S/C42H37FN4O6/c1-50-39-20-30(11-16-38(39)53-26-34-25-51-17-18-52-34)31-19-35(41(44)45-21-31)28-9-14-33(15-10-28)46-42(49)37-24-47(22-27-5-3-2-4-6-27)23-36(40(37)48)29-7-12-32(43)13-8-29/h2-16,19-21,23-24,34H,17-18,22,25-26H2,1H3,(H2,44,45)(H,46,49)/t34-/m1/s1. The van der Waals surface area contributed by atoms with Gasteiger partial charge in [0.05, 0.1) is 26.9 Å². The molecule has 1 aliphatic heterocycles. The second-order valence-corrected chi connectivity index (χ2v) is 12.5. The lowest BCUT2D eigenvalue weighted by Crippen LogP contribution is -2.33. The van der Waals surface area contributed by atoms with Gasteiger partial charge in [0.15, 0.2) is 11.5 Å². The number of rotatable bonds is 11. The van der Waals surface area contributed by atoms with Gasteiger partial charge in [0.2, 0.25) is 5.43 Å². The average Bonchev–Trinajstić information content (AvgIpc) is 3.19. The predicted octanol–water partition coefficient (Wildman–Crippen LogP) is 7.07. The predicted molar refractivity (Wildman–Crippen MR) is 202 cm³/mol. The van der Waals surface area contributed by atoms with Crippen molar-refractivity contribution >= 4 is 17.4 Å². The van der Waals surface area contributed by atoms with Crippen molar-refractivity contribution in [2.75, 3.05) is 44.6 Å². The van der Waals surface area contributed by atoms with Crippen LogP contribution in [-0.2, 0) is 16.0 Å². The van der Waals surface area contributed by atoms with Crippen LogP contribution in [0.2, 0.25) is 0 Å². The first kappa shape index (κ1) is 35.1. The number of halogens is 1. The highest BCUT2D eigenvalue weighted by atomic mass is 19.1.